The SMILES string of the molecule is CCC1CC1(CC(=O)[C@@H]1C[C@@H]2CN1C(=O)[C@H](C1CCCCC1)CC(=O)OCCCCCc1ccc3ccnc(c3c1)O2)P(=O)(O)O. The van der Waals surface area contributed by atoms with Crippen molar-refractivity contribution in [1.29, 1.82) is 0 Å². The number of pyridine rings is 1. The van der Waals surface area contributed by atoms with Gasteiger partial charge in [0.1, 0.15) is 6.10 Å². The van der Waals surface area contributed by atoms with Gasteiger partial charge in [0.25, 0.3) is 0 Å². The van der Waals surface area contributed by atoms with Gasteiger partial charge in [-0.3, -0.25) is 18.9 Å². The largest absolute Gasteiger partial charge is 0.472 e. The van der Waals surface area contributed by atoms with Gasteiger partial charge in [-0.15, -0.1) is 0 Å². The lowest BCUT2D eigenvalue weighted by molar-refractivity contribution is -0.152. The van der Waals surface area contributed by atoms with Gasteiger partial charge in [-0.05, 0) is 79.9 Å². The quantitative estimate of drug-likeness (QED) is 0.294. The molecule has 2 aliphatic heterocycles. The number of aromatic nitrogens is 1. The van der Waals surface area contributed by atoms with Gasteiger partial charge in [-0.25, -0.2) is 4.98 Å². The molecule has 5 atom stereocenters. The maximum absolute atomic E-state index is 14.5. The number of Topliss-reactive ketones (excluding diaryl/α,β-unsaturated/α-hetero) is 1. The van der Waals surface area contributed by atoms with Crippen LogP contribution in [0.25, 0.3) is 10.8 Å². The molecule has 250 valence electrons. The number of rotatable bonds is 6. The lowest BCUT2D eigenvalue weighted by atomic mass is 9.77. The summed E-state index contributed by atoms with van der Waals surface area (Å²) < 4.78 is 24.8. The van der Waals surface area contributed by atoms with Crippen LogP contribution in [0.2, 0.25) is 0 Å². The molecular formula is C35H47N2O8P. The highest BCUT2D eigenvalue weighted by atomic mass is 31.2. The minimum atomic E-state index is -4.57. The van der Waals surface area contributed by atoms with Crippen LogP contribution in [-0.4, -0.2) is 67.8 Å². The van der Waals surface area contributed by atoms with E-state index in [1.165, 1.54) is 0 Å². The van der Waals surface area contributed by atoms with Crippen molar-refractivity contribution >= 4 is 36.0 Å². The zero-order valence-corrected chi connectivity index (χ0v) is 27.7. The maximum atomic E-state index is 14.5. The Bertz CT molecular complexity index is 1500. The van der Waals surface area contributed by atoms with E-state index in [1.807, 2.05) is 19.1 Å². The molecular weight excluding hydrogens is 607 g/mol. The van der Waals surface area contributed by atoms with Gasteiger partial charge in [0, 0.05) is 24.4 Å². The van der Waals surface area contributed by atoms with Crippen LogP contribution in [0.5, 0.6) is 5.88 Å². The van der Waals surface area contributed by atoms with E-state index in [4.69, 9.17) is 9.47 Å². The molecule has 10 nitrogen and oxygen atoms in total. The Balaban J connectivity index is 1.34. The Morgan fingerprint density at radius 3 is 2.61 bits per heavy atom. The van der Waals surface area contributed by atoms with E-state index in [1.54, 1.807) is 11.1 Å². The van der Waals surface area contributed by atoms with Gasteiger partial charge < -0.3 is 24.2 Å². The minimum Gasteiger partial charge on any atom is -0.472 e. The van der Waals surface area contributed by atoms with Crippen LogP contribution in [0.15, 0.2) is 30.5 Å². The number of hydrogen-bond acceptors (Lipinski definition) is 7. The molecule has 1 aromatic carbocycles. The second kappa shape index (κ2) is 13.7. The van der Waals surface area contributed by atoms with Crippen LogP contribution < -0.4 is 4.74 Å². The van der Waals surface area contributed by atoms with Crippen molar-refractivity contribution in [2.45, 2.75) is 114 Å². The number of aryl methyl sites for hydroxylation is 1. The summed E-state index contributed by atoms with van der Waals surface area (Å²) in [4.78, 5) is 68.4. The Morgan fingerprint density at radius 2 is 1.87 bits per heavy atom. The number of amides is 1. The molecule has 4 bridgehead atoms. The summed E-state index contributed by atoms with van der Waals surface area (Å²) in [5.41, 5.74) is 1.15. The molecule has 3 heterocycles. The van der Waals surface area contributed by atoms with Crippen molar-refractivity contribution in [1.82, 2.24) is 9.88 Å². The normalized spacial score (nSPS) is 30.0. The second-order valence-electron chi connectivity index (χ2n) is 14.0. The van der Waals surface area contributed by atoms with E-state index in [0.717, 1.165) is 74.1 Å². The Kier molecular flexibility index (Phi) is 9.88. The first-order valence-corrected chi connectivity index (χ1v) is 18.8. The molecule has 2 aromatic rings. The molecule has 3 fully saturated rings. The third kappa shape index (κ3) is 6.90. The smallest absolute Gasteiger partial charge is 0.332 e. The highest BCUT2D eigenvalue weighted by molar-refractivity contribution is 7.54. The minimum absolute atomic E-state index is 0.00242. The topological polar surface area (TPSA) is 143 Å². The fraction of sp³-hybridized carbons (Fsp3) is 0.657. The number of hydrogen-bond donors (Lipinski definition) is 2. The van der Waals surface area contributed by atoms with Crippen molar-refractivity contribution in [3.63, 3.8) is 0 Å². The summed E-state index contributed by atoms with van der Waals surface area (Å²) in [6, 6.07) is 7.25. The molecule has 4 aliphatic rings. The molecule has 0 spiro atoms. The number of carbonyl (C=O) groups is 3. The molecule has 2 unspecified atom stereocenters. The van der Waals surface area contributed by atoms with Crippen LogP contribution in [0.3, 0.4) is 0 Å². The monoisotopic (exact) mass is 654 g/mol. The number of ether oxygens (including phenoxy) is 2. The lowest BCUT2D eigenvalue weighted by Gasteiger charge is -2.34. The molecule has 6 rings (SSSR count). The van der Waals surface area contributed by atoms with Gasteiger partial charge in [0.2, 0.25) is 11.8 Å². The number of nitrogens with zero attached hydrogens (tertiary/aromatic N) is 2. The summed E-state index contributed by atoms with van der Waals surface area (Å²) in [5.74, 6) is -1.44. The van der Waals surface area contributed by atoms with Crippen LogP contribution in [-0.2, 0) is 30.1 Å². The summed E-state index contributed by atoms with van der Waals surface area (Å²) >= 11 is 0. The zero-order valence-electron chi connectivity index (χ0n) is 26.8. The molecule has 1 aromatic heterocycles. The molecule has 1 amide bonds. The van der Waals surface area contributed by atoms with Crippen molar-refractivity contribution in [3.05, 3.63) is 36.0 Å². The van der Waals surface area contributed by atoms with Gasteiger partial charge in [-0.1, -0.05) is 44.7 Å². The van der Waals surface area contributed by atoms with Crippen molar-refractivity contribution in [3.8, 4) is 5.88 Å². The van der Waals surface area contributed by atoms with Crippen LogP contribution >= 0.6 is 7.60 Å². The second-order valence-corrected chi connectivity index (χ2v) is 16.0. The van der Waals surface area contributed by atoms with Crippen LogP contribution in [0.4, 0.5) is 0 Å². The molecule has 2 N–H and O–H groups in total. The van der Waals surface area contributed by atoms with E-state index in [0.29, 0.717) is 25.3 Å². The number of ketones is 1. The lowest BCUT2D eigenvalue weighted by Crippen LogP contribution is -2.47. The van der Waals surface area contributed by atoms with Gasteiger partial charge in [0.05, 0.1) is 36.7 Å². The van der Waals surface area contributed by atoms with Gasteiger partial charge in [0.15, 0.2) is 5.78 Å². The molecule has 2 saturated carbocycles. The van der Waals surface area contributed by atoms with E-state index < -0.39 is 36.8 Å². The van der Waals surface area contributed by atoms with E-state index in [9.17, 15) is 28.7 Å². The number of cyclic esters (lactones) is 1. The average molecular weight is 655 g/mol. The first kappa shape index (κ1) is 33.1. The van der Waals surface area contributed by atoms with Crippen molar-refractivity contribution < 1.29 is 38.2 Å². The molecule has 0 radical (unpaired) electrons. The van der Waals surface area contributed by atoms with E-state index in [2.05, 4.69) is 17.1 Å². The fourth-order valence-corrected chi connectivity index (χ4v) is 9.73. The zero-order chi connectivity index (χ0) is 32.5. The predicted octanol–water partition coefficient (Wildman–Crippen LogP) is 5.74. The predicted molar refractivity (Wildman–Crippen MR) is 172 cm³/mol. The molecule has 46 heavy (non-hydrogen) atoms. The number of carbonyl (C=O) groups excluding carboxylic acids is 3. The number of benzene rings is 1. The standard InChI is InChI=1S/C35H47N2O8P/c1-2-26-20-35(26,46(41,42)43)21-31(38)30-18-27-22-37(30)34(40)29(24-10-6-3-7-11-24)19-32(39)44-16-8-4-5-9-23-12-13-25-14-15-36-33(45-27)28(25)17-23/h12-15,17,24,26-27,29-30H,2-11,16,18-22H2,1H3,(H2,41,42,43)/t26?,27-,29+,30+,35?/m1/s1. The third-order valence-electron chi connectivity index (χ3n) is 11.0. The number of fused-ring (bicyclic) bond motifs is 3. The Morgan fingerprint density at radius 1 is 1.09 bits per heavy atom. The average Bonchev–Trinajstić information content (AvgIpc) is 3.62. The highest BCUT2D eigenvalue weighted by Crippen LogP contribution is 2.71. The van der Waals surface area contributed by atoms with E-state index in [-0.39, 0.29) is 49.3 Å². The first-order valence-electron chi connectivity index (χ1n) is 17.2. The van der Waals surface area contributed by atoms with Crippen molar-refractivity contribution in [2.24, 2.45) is 17.8 Å². The summed E-state index contributed by atoms with van der Waals surface area (Å²) in [7, 11) is -4.57. The fourth-order valence-electron chi connectivity index (χ4n) is 8.25. The van der Waals surface area contributed by atoms with Gasteiger partial charge in [-0.2, -0.15) is 0 Å². The molecule has 2 aliphatic carbocycles. The Hall–Kier alpha value is -2.81. The van der Waals surface area contributed by atoms with Crippen LogP contribution in [0.1, 0.15) is 96.0 Å². The summed E-state index contributed by atoms with van der Waals surface area (Å²) in [6.07, 6.45) is 10.0. The van der Waals surface area contributed by atoms with E-state index >= 15 is 0 Å². The summed E-state index contributed by atoms with van der Waals surface area (Å²) in [6.45, 7) is 2.31. The van der Waals surface area contributed by atoms with Crippen LogP contribution in [0, 0.1) is 17.8 Å². The third-order valence-corrected chi connectivity index (χ3v) is 12.9. The maximum Gasteiger partial charge on any atom is 0.332 e. The molecule has 11 heteroatoms. The Labute approximate surface area is 270 Å². The first-order chi connectivity index (χ1) is 22.1. The van der Waals surface area contributed by atoms with Crippen molar-refractivity contribution in [2.75, 3.05) is 13.2 Å². The van der Waals surface area contributed by atoms with Gasteiger partial charge >= 0.3 is 13.6 Å². The summed E-state index contributed by atoms with van der Waals surface area (Å²) in [5, 5.41) is 0.472. The highest BCUT2D eigenvalue weighted by Gasteiger charge is 2.66. The molecule has 1 saturated heterocycles. The number of esters is 1.